The molecule has 4 aromatic rings. The fraction of sp³-hybridized carbons (Fsp3) is 0.348. The minimum Gasteiger partial charge on any atom is -0.299 e. The predicted molar refractivity (Wildman–Crippen MR) is 113 cm³/mol. The second-order valence-electron chi connectivity index (χ2n) is 8.20. The highest BCUT2D eigenvalue weighted by atomic mass is 19.1. The summed E-state index contributed by atoms with van der Waals surface area (Å²) in [6.07, 6.45) is 6.28. The quantitative estimate of drug-likeness (QED) is 0.515. The van der Waals surface area contributed by atoms with Gasteiger partial charge in [0.25, 0.3) is 0 Å². The van der Waals surface area contributed by atoms with E-state index in [-0.39, 0.29) is 5.82 Å². The summed E-state index contributed by atoms with van der Waals surface area (Å²) < 4.78 is 17.2. The van der Waals surface area contributed by atoms with Gasteiger partial charge in [-0.15, -0.1) is 10.2 Å². The summed E-state index contributed by atoms with van der Waals surface area (Å²) in [7, 11) is 0. The number of aryl methyl sites for hydroxylation is 2. The van der Waals surface area contributed by atoms with Crippen molar-refractivity contribution < 1.29 is 4.39 Å². The molecular weight excluding hydrogens is 379 g/mol. The number of aromatic nitrogens is 5. The number of rotatable bonds is 4. The van der Waals surface area contributed by atoms with Gasteiger partial charge in [0.15, 0.2) is 5.65 Å². The summed E-state index contributed by atoms with van der Waals surface area (Å²) in [5.41, 5.74) is 5.23. The van der Waals surface area contributed by atoms with Gasteiger partial charge in [-0.25, -0.2) is 9.07 Å². The van der Waals surface area contributed by atoms with Gasteiger partial charge in [0.05, 0.1) is 11.4 Å². The first kappa shape index (κ1) is 18.9. The molecule has 1 aromatic carbocycles. The summed E-state index contributed by atoms with van der Waals surface area (Å²) in [6, 6.07) is 10.6. The third-order valence-electron chi connectivity index (χ3n) is 6.03. The normalized spacial score (nSPS) is 15.8. The Balaban J connectivity index is 1.26. The van der Waals surface area contributed by atoms with Gasteiger partial charge < -0.3 is 0 Å². The predicted octanol–water partition coefficient (Wildman–Crippen LogP) is 4.05. The Morgan fingerprint density at radius 3 is 2.57 bits per heavy atom. The van der Waals surface area contributed by atoms with Crippen LogP contribution in [0, 0.1) is 19.7 Å². The minimum absolute atomic E-state index is 0.235. The van der Waals surface area contributed by atoms with Crippen LogP contribution in [-0.2, 0) is 6.54 Å². The molecule has 0 N–H and O–H groups in total. The Morgan fingerprint density at radius 1 is 1.03 bits per heavy atom. The second-order valence-corrected chi connectivity index (χ2v) is 8.20. The van der Waals surface area contributed by atoms with Gasteiger partial charge >= 0.3 is 0 Å². The van der Waals surface area contributed by atoms with Crippen molar-refractivity contribution in [3.63, 3.8) is 0 Å². The molecule has 3 aromatic heterocycles. The summed E-state index contributed by atoms with van der Waals surface area (Å²) in [5.74, 6) is 1.27. The zero-order chi connectivity index (χ0) is 20.7. The first-order valence-corrected chi connectivity index (χ1v) is 10.4. The third-order valence-corrected chi connectivity index (χ3v) is 6.03. The van der Waals surface area contributed by atoms with Crippen LogP contribution in [0.3, 0.4) is 0 Å². The molecule has 0 unspecified atom stereocenters. The fourth-order valence-electron chi connectivity index (χ4n) is 4.26. The van der Waals surface area contributed by atoms with Gasteiger partial charge in [0.2, 0.25) is 0 Å². The highest BCUT2D eigenvalue weighted by Crippen LogP contribution is 2.28. The first-order chi connectivity index (χ1) is 14.6. The molecule has 4 heterocycles. The van der Waals surface area contributed by atoms with Gasteiger partial charge in [0.1, 0.15) is 11.6 Å². The molecular formula is C23H25FN6. The Morgan fingerprint density at radius 2 is 1.80 bits per heavy atom. The number of benzene rings is 1. The molecule has 154 valence electrons. The van der Waals surface area contributed by atoms with Gasteiger partial charge in [-0.3, -0.25) is 9.30 Å². The zero-order valence-electron chi connectivity index (χ0n) is 17.3. The standard InChI is InChI=1S/C23H25FN6/c1-16-7-12-29-22(13-16)25-26-23(29)18-8-10-28(11-9-18)14-19-15-30(27-17(19)2)21-5-3-20(24)4-6-21/h3-7,12-13,15,18H,8-11,14H2,1-2H3. The van der Waals surface area contributed by atoms with E-state index in [1.165, 1.54) is 23.3 Å². The maximum absolute atomic E-state index is 13.2. The maximum atomic E-state index is 13.2. The lowest BCUT2D eigenvalue weighted by Gasteiger charge is -2.31. The lowest BCUT2D eigenvalue weighted by molar-refractivity contribution is 0.201. The molecule has 30 heavy (non-hydrogen) atoms. The number of likely N-dealkylation sites (tertiary alicyclic amines) is 1. The second kappa shape index (κ2) is 7.65. The van der Waals surface area contributed by atoms with E-state index in [2.05, 4.69) is 56.0 Å². The number of fused-ring (bicyclic) bond motifs is 1. The van der Waals surface area contributed by atoms with E-state index < -0.39 is 0 Å². The van der Waals surface area contributed by atoms with E-state index >= 15 is 0 Å². The summed E-state index contributed by atoms with van der Waals surface area (Å²) >= 11 is 0. The van der Waals surface area contributed by atoms with Crippen LogP contribution in [0.1, 0.15) is 41.4 Å². The highest BCUT2D eigenvalue weighted by molar-refractivity contribution is 5.41. The van der Waals surface area contributed by atoms with E-state index in [1.54, 1.807) is 12.1 Å². The third kappa shape index (κ3) is 3.61. The van der Waals surface area contributed by atoms with E-state index in [9.17, 15) is 4.39 Å². The molecule has 0 radical (unpaired) electrons. The van der Waals surface area contributed by atoms with Crippen LogP contribution in [0.2, 0.25) is 0 Å². The smallest absolute Gasteiger partial charge is 0.161 e. The maximum Gasteiger partial charge on any atom is 0.161 e. The van der Waals surface area contributed by atoms with E-state index in [1.807, 2.05) is 11.6 Å². The van der Waals surface area contributed by atoms with Crippen LogP contribution < -0.4 is 0 Å². The van der Waals surface area contributed by atoms with Crippen molar-refractivity contribution in [3.8, 4) is 5.69 Å². The molecule has 1 saturated heterocycles. The summed E-state index contributed by atoms with van der Waals surface area (Å²) in [6.45, 7) is 7.03. The SMILES string of the molecule is Cc1ccn2c(C3CCN(Cc4cn(-c5ccc(F)cc5)nc4C)CC3)nnc2c1. The Hall–Kier alpha value is -3.06. The van der Waals surface area contributed by atoms with Crippen LogP contribution in [0.5, 0.6) is 0 Å². The van der Waals surface area contributed by atoms with E-state index in [0.717, 1.165) is 55.3 Å². The van der Waals surface area contributed by atoms with Crippen LogP contribution in [-0.4, -0.2) is 42.4 Å². The Bertz CT molecular complexity index is 1170. The number of halogens is 1. The van der Waals surface area contributed by atoms with Crippen molar-refractivity contribution >= 4 is 5.65 Å². The van der Waals surface area contributed by atoms with E-state index in [4.69, 9.17) is 0 Å². The Kier molecular flexibility index (Phi) is 4.83. The molecule has 1 aliphatic heterocycles. The van der Waals surface area contributed by atoms with Crippen molar-refractivity contribution in [3.05, 3.63) is 77.3 Å². The number of hydrogen-bond acceptors (Lipinski definition) is 4. The fourth-order valence-corrected chi connectivity index (χ4v) is 4.26. The number of nitrogens with zero attached hydrogens (tertiary/aromatic N) is 6. The molecule has 7 heteroatoms. The molecule has 0 spiro atoms. The van der Waals surface area contributed by atoms with Gasteiger partial charge in [-0.1, -0.05) is 0 Å². The van der Waals surface area contributed by atoms with Crippen LogP contribution >= 0.6 is 0 Å². The average molecular weight is 404 g/mol. The molecule has 5 rings (SSSR count). The largest absolute Gasteiger partial charge is 0.299 e. The van der Waals surface area contributed by atoms with Crippen LogP contribution in [0.25, 0.3) is 11.3 Å². The zero-order valence-corrected chi connectivity index (χ0v) is 17.3. The lowest BCUT2D eigenvalue weighted by atomic mass is 9.95. The molecule has 0 amide bonds. The Labute approximate surface area is 175 Å². The number of pyridine rings is 1. The lowest BCUT2D eigenvalue weighted by Crippen LogP contribution is -2.33. The van der Waals surface area contributed by atoms with Crippen molar-refractivity contribution in [2.24, 2.45) is 0 Å². The highest BCUT2D eigenvalue weighted by Gasteiger charge is 2.25. The molecule has 0 bridgehead atoms. The first-order valence-electron chi connectivity index (χ1n) is 10.4. The molecule has 1 aliphatic rings. The number of piperidine rings is 1. The van der Waals surface area contributed by atoms with Crippen molar-refractivity contribution in [2.75, 3.05) is 13.1 Å². The van der Waals surface area contributed by atoms with Crippen molar-refractivity contribution in [1.82, 2.24) is 29.3 Å². The molecule has 0 atom stereocenters. The van der Waals surface area contributed by atoms with Crippen molar-refractivity contribution in [2.45, 2.75) is 39.2 Å². The van der Waals surface area contributed by atoms with Crippen molar-refractivity contribution in [1.29, 1.82) is 0 Å². The monoisotopic (exact) mass is 404 g/mol. The molecule has 6 nitrogen and oxygen atoms in total. The van der Waals surface area contributed by atoms with Crippen LogP contribution in [0.4, 0.5) is 4.39 Å². The van der Waals surface area contributed by atoms with Gasteiger partial charge in [0, 0.05) is 30.4 Å². The minimum atomic E-state index is -0.235. The average Bonchev–Trinajstić information content (AvgIpc) is 3.32. The molecule has 0 saturated carbocycles. The van der Waals surface area contributed by atoms with Gasteiger partial charge in [-0.2, -0.15) is 5.10 Å². The summed E-state index contributed by atoms with van der Waals surface area (Å²) in [5, 5.41) is 13.5. The van der Waals surface area contributed by atoms with Crippen LogP contribution in [0.15, 0.2) is 48.8 Å². The van der Waals surface area contributed by atoms with Gasteiger partial charge in [-0.05, 0) is 81.7 Å². The molecule has 1 fully saturated rings. The topological polar surface area (TPSA) is 51.2 Å². The number of hydrogen-bond donors (Lipinski definition) is 0. The molecule has 0 aliphatic carbocycles. The summed E-state index contributed by atoms with van der Waals surface area (Å²) in [4.78, 5) is 2.48. The van der Waals surface area contributed by atoms with E-state index in [0.29, 0.717) is 5.92 Å².